The minimum Gasteiger partial charge on any atom is -0.478 e. The zero-order chi connectivity index (χ0) is 9.84. The van der Waals surface area contributed by atoms with Crippen molar-refractivity contribution in [2.24, 2.45) is 0 Å². The molecule has 0 atom stereocenters. The van der Waals surface area contributed by atoms with Gasteiger partial charge in [-0.1, -0.05) is 12.1 Å². The van der Waals surface area contributed by atoms with E-state index in [2.05, 4.69) is 0 Å². The predicted molar refractivity (Wildman–Crippen MR) is 48.5 cm³/mol. The van der Waals surface area contributed by atoms with Gasteiger partial charge in [-0.2, -0.15) is 0 Å². The average Bonchev–Trinajstić information content (AvgIpc) is 2.17. The van der Waals surface area contributed by atoms with Gasteiger partial charge in [-0.3, -0.25) is 4.79 Å². The second kappa shape index (κ2) is 4.05. The van der Waals surface area contributed by atoms with Crippen molar-refractivity contribution in [2.45, 2.75) is 0 Å². The van der Waals surface area contributed by atoms with Gasteiger partial charge in [0.15, 0.2) is 5.78 Å². The number of aromatic carboxylic acids is 1. The lowest BCUT2D eigenvalue weighted by Crippen LogP contribution is -2.01. The van der Waals surface area contributed by atoms with Crippen molar-refractivity contribution >= 4 is 23.4 Å². The first kappa shape index (κ1) is 9.74. The Labute approximate surface area is 79.9 Å². The monoisotopic (exact) mass is 198 g/mol. The van der Waals surface area contributed by atoms with E-state index in [0.29, 0.717) is 5.56 Å². The average molecular weight is 199 g/mol. The van der Waals surface area contributed by atoms with Crippen molar-refractivity contribution in [2.75, 3.05) is 5.88 Å². The van der Waals surface area contributed by atoms with E-state index < -0.39 is 5.97 Å². The van der Waals surface area contributed by atoms with E-state index in [1.165, 1.54) is 24.3 Å². The first-order valence-corrected chi connectivity index (χ1v) is 4.11. The Hall–Kier alpha value is -1.35. The van der Waals surface area contributed by atoms with Crippen molar-refractivity contribution < 1.29 is 14.7 Å². The molecule has 0 aromatic heterocycles. The molecule has 3 nitrogen and oxygen atoms in total. The second-order valence-electron chi connectivity index (χ2n) is 2.44. The Kier molecular flexibility index (Phi) is 3.03. The zero-order valence-electron chi connectivity index (χ0n) is 6.66. The molecule has 0 heterocycles. The summed E-state index contributed by atoms with van der Waals surface area (Å²) in [5.41, 5.74) is 0.589. The molecule has 0 saturated carbocycles. The van der Waals surface area contributed by atoms with Gasteiger partial charge >= 0.3 is 5.97 Å². The number of Topliss-reactive ketones (excluding diaryl/α,β-unsaturated/α-hetero) is 1. The van der Waals surface area contributed by atoms with E-state index in [9.17, 15) is 9.59 Å². The third-order valence-corrected chi connectivity index (χ3v) is 1.82. The molecule has 0 aliphatic carbocycles. The predicted octanol–water partition coefficient (Wildman–Crippen LogP) is 1.81. The van der Waals surface area contributed by atoms with Crippen LogP contribution in [0.25, 0.3) is 0 Å². The maximum atomic E-state index is 11.0. The number of carbonyl (C=O) groups excluding carboxylic acids is 1. The fourth-order valence-electron chi connectivity index (χ4n) is 0.876. The fourth-order valence-corrected chi connectivity index (χ4v) is 1.03. The lowest BCUT2D eigenvalue weighted by Gasteiger charge is -1.97. The van der Waals surface area contributed by atoms with Gasteiger partial charge in [0.2, 0.25) is 0 Å². The number of benzene rings is 1. The van der Waals surface area contributed by atoms with Gasteiger partial charge in [-0.25, -0.2) is 4.79 Å². The molecule has 0 saturated heterocycles. The highest BCUT2D eigenvalue weighted by atomic mass is 35.5. The number of carboxylic acid groups (broad SMARTS) is 1. The van der Waals surface area contributed by atoms with Crippen LogP contribution in [0.3, 0.4) is 0 Å². The molecule has 1 aromatic rings. The summed E-state index contributed by atoms with van der Waals surface area (Å²) in [6, 6.07) is 5.66. The molecular formula is C9H7ClO3. The van der Waals surface area contributed by atoms with Crippen LogP contribution in [0.2, 0.25) is 0 Å². The lowest BCUT2D eigenvalue weighted by atomic mass is 10.1. The summed E-state index contributed by atoms with van der Waals surface area (Å²) in [7, 11) is 0. The lowest BCUT2D eigenvalue weighted by molar-refractivity contribution is 0.0696. The minimum atomic E-state index is -1.01. The highest BCUT2D eigenvalue weighted by molar-refractivity contribution is 6.30. The van der Waals surface area contributed by atoms with Gasteiger partial charge in [-0.05, 0) is 12.1 Å². The van der Waals surface area contributed by atoms with E-state index in [4.69, 9.17) is 16.7 Å². The Balaban J connectivity index is 2.93. The molecule has 0 bridgehead atoms. The van der Waals surface area contributed by atoms with E-state index in [1.807, 2.05) is 0 Å². The highest BCUT2D eigenvalue weighted by Gasteiger charge is 2.05. The van der Waals surface area contributed by atoms with E-state index >= 15 is 0 Å². The van der Waals surface area contributed by atoms with Gasteiger partial charge in [0.05, 0.1) is 11.4 Å². The van der Waals surface area contributed by atoms with Crippen LogP contribution < -0.4 is 0 Å². The molecule has 1 N–H and O–H groups in total. The third kappa shape index (κ3) is 2.29. The molecule has 0 aliphatic rings. The maximum absolute atomic E-state index is 11.0. The number of hydrogen-bond donors (Lipinski definition) is 1. The van der Waals surface area contributed by atoms with Crippen molar-refractivity contribution in [3.63, 3.8) is 0 Å². The van der Waals surface area contributed by atoms with Crippen LogP contribution >= 0.6 is 11.6 Å². The number of carbonyl (C=O) groups is 2. The van der Waals surface area contributed by atoms with Crippen molar-refractivity contribution in [1.29, 1.82) is 0 Å². The molecule has 1 aromatic carbocycles. The number of halogens is 1. The van der Waals surface area contributed by atoms with Gasteiger partial charge < -0.3 is 5.11 Å². The largest absolute Gasteiger partial charge is 0.478 e. The summed E-state index contributed by atoms with van der Waals surface area (Å²) >= 11 is 5.32. The molecule has 0 fully saturated rings. The second-order valence-corrected chi connectivity index (χ2v) is 2.71. The summed E-state index contributed by atoms with van der Waals surface area (Å²) in [6.45, 7) is 0. The van der Waals surface area contributed by atoms with E-state index in [0.717, 1.165) is 0 Å². The number of ketones is 1. The quantitative estimate of drug-likeness (QED) is 0.595. The van der Waals surface area contributed by atoms with Crippen LogP contribution in [0.5, 0.6) is 0 Å². The van der Waals surface area contributed by atoms with Crippen LogP contribution in [0.1, 0.15) is 20.7 Å². The summed E-state index contributed by atoms with van der Waals surface area (Å²) in [5, 5.41) is 8.56. The smallest absolute Gasteiger partial charge is 0.335 e. The van der Waals surface area contributed by atoms with Gasteiger partial charge in [0.25, 0.3) is 0 Å². The van der Waals surface area contributed by atoms with Gasteiger partial charge in [-0.15, -0.1) is 11.6 Å². The number of alkyl halides is 1. The van der Waals surface area contributed by atoms with Crippen molar-refractivity contribution in [1.82, 2.24) is 0 Å². The minimum absolute atomic E-state index is 0.0909. The molecule has 0 radical (unpaired) electrons. The van der Waals surface area contributed by atoms with Crippen LogP contribution in [0, 0.1) is 0 Å². The Morgan fingerprint density at radius 2 is 1.62 bits per heavy atom. The molecular weight excluding hydrogens is 192 g/mol. The zero-order valence-corrected chi connectivity index (χ0v) is 7.41. The number of carboxylic acids is 1. The third-order valence-electron chi connectivity index (χ3n) is 1.58. The Morgan fingerprint density at radius 1 is 1.15 bits per heavy atom. The molecule has 0 spiro atoms. The first-order valence-electron chi connectivity index (χ1n) is 3.57. The summed E-state index contributed by atoms with van der Waals surface area (Å²) in [6.07, 6.45) is 0. The SMILES string of the molecule is O=C(O)c1ccc(C(=O)CCl)cc1. The highest BCUT2D eigenvalue weighted by Crippen LogP contribution is 2.05. The Morgan fingerprint density at radius 3 is 2.00 bits per heavy atom. The number of hydrogen-bond acceptors (Lipinski definition) is 2. The number of rotatable bonds is 3. The molecule has 4 heteroatoms. The van der Waals surface area contributed by atoms with E-state index in [1.54, 1.807) is 0 Å². The van der Waals surface area contributed by atoms with Crippen LogP contribution in [-0.2, 0) is 0 Å². The molecule has 0 unspecified atom stereocenters. The Bertz CT molecular complexity index is 329. The van der Waals surface area contributed by atoms with Crippen molar-refractivity contribution in [3.05, 3.63) is 35.4 Å². The van der Waals surface area contributed by atoms with Crippen LogP contribution in [0.4, 0.5) is 0 Å². The molecule has 1 rings (SSSR count). The molecule has 0 aliphatic heterocycles. The van der Waals surface area contributed by atoms with Gasteiger partial charge in [0.1, 0.15) is 0 Å². The fraction of sp³-hybridized carbons (Fsp3) is 0.111. The standard InChI is InChI=1S/C9H7ClO3/c10-5-8(11)6-1-3-7(4-2-6)9(12)13/h1-4H,5H2,(H,12,13). The maximum Gasteiger partial charge on any atom is 0.335 e. The topological polar surface area (TPSA) is 54.4 Å². The molecule has 68 valence electrons. The van der Waals surface area contributed by atoms with Gasteiger partial charge in [0, 0.05) is 5.56 Å². The normalized spacial score (nSPS) is 9.62. The summed E-state index contributed by atoms with van der Waals surface area (Å²) in [4.78, 5) is 21.5. The molecule has 13 heavy (non-hydrogen) atoms. The van der Waals surface area contributed by atoms with E-state index in [-0.39, 0.29) is 17.2 Å². The summed E-state index contributed by atoms with van der Waals surface area (Å²) < 4.78 is 0. The van der Waals surface area contributed by atoms with Crippen LogP contribution in [0.15, 0.2) is 24.3 Å². The van der Waals surface area contributed by atoms with Crippen LogP contribution in [-0.4, -0.2) is 22.7 Å². The van der Waals surface area contributed by atoms with Crippen molar-refractivity contribution in [3.8, 4) is 0 Å². The first-order chi connectivity index (χ1) is 6.15. The summed E-state index contributed by atoms with van der Waals surface area (Å²) in [5.74, 6) is -1.31. The molecule has 0 amide bonds.